The number of nitrogens with zero attached hydrogens (tertiary/aromatic N) is 1. The van der Waals surface area contributed by atoms with E-state index in [0.29, 0.717) is 30.9 Å². The molecule has 0 spiro atoms. The number of carbonyl (C=O) groups is 2. The minimum Gasteiger partial charge on any atom is -0.339 e. The summed E-state index contributed by atoms with van der Waals surface area (Å²) in [6.45, 7) is 5.69. The molecule has 6 heteroatoms. The number of nitrogens with one attached hydrogen (secondary N) is 1. The van der Waals surface area contributed by atoms with Crippen LogP contribution in [0.1, 0.15) is 49.9 Å². The van der Waals surface area contributed by atoms with E-state index < -0.39 is 5.41 Å². The second-order valence-corrected chi connectivity index (χ2v) is 6.20. The number of anilines is 1. The van der Waals surface area contributed by atoms with Crippen molar-refractivity contribution in [1.29, 1.82) is 0 Å². The molecule has 0 saturated heterocycles. The van der Waals surface area contributed by atoms with Gasteiger partial charge in [0.25, 0.3) is 5.91 Å². The van der Waals surface area contributed by atoms with E-state index in [1.54, 1.807) is 29.2 Å². The Balaban J connectivity index is 0.00000288. The first-order valence-electron chi connectivity index (χ1n) is 8.47. The van der Waals surface area contributed by atoms with E-state index in [9.17, 15) is 9.59 Å². The maximum Gasteiger partial charge on any atom is 0.253 e. The number of carbonyl (C=O) groups excluding carboxylic acids is 2. The van der Waals surface area contributed by atoms with E-state index in [0.717, 1.165) is 25.7 Å². The van der Waals surface area contributed by atoms with Gasteiger partial charge in [-0.2, -0.15) is 0 Å². The van der Waals surface area contributed by atoms with Crippen LogP contribution in [0, 0.1) is 5.41 Å². The summed E-state index contributed by atoms with van der Waals surface area (Å²) in [4.78, 5) is 26.6. The Labute approximate surface area is 150 Å². The summed E-state index contributed by atoms with van der Waals surface area (Å²) in [6, 6.07) is 7.10. The molecule has 1 fully saturated rings. The molecule has 0 aromatic heterocycles. The van der Waals surface area contributed by atoms with Gasteiger partial charge in [-0.3, -0.25) is 9.59 Å². The van der Waals surface area contributed by atoms with Crippen molar-refractivity contribution in [3.8, 4) is 0 Å². The second kappa shape index (κ2) is 9.04. The van der Waals surface area contributed by atoms with Crippen molar-refractivity contribution in [2.75, 3.05) is 25.0 Å². The van der Waals surface area contributed by atoms with Gasteiger partial charge in [0.05, 0.1) is 5.41 Å². The van der Waals surface area contributed by atoms with Gasteiger partial charge in [0, 0.05) is 30.9 Å². The SMILES string of the molecule is CCN(CC)C(=O)c1ccc(NC(=O)C2(CN)CCCC2)cc1.Cl. The van der Waals surface area contributed by atoms with Crippen LogP contribution in [0.4, 0.5) is 5.69 Å². The first kappa shape index (κ1) is 20.5. The lowest BCUT2D eigenvalue weighted by atomic mass is 9.85. The third-order valence-electron chi connectivity index (χ3n) is 4.87. The fraction of sp³-hybridized carbons (Fsp3) is 0.556. The zero-order chi connectivity index (χ0) is 16.9. The fourth-order valence-electron chi connectivity index (χ4n) is 3.23. The average molecular weight is 354 g/mol. The smallest absolute Gasteiger partial charge is 0.253 e. The number of nitrogens with two attached hydrogens (primary N) is 1. The molecule has 0 aliphatic heterocycles. The number of amides is 2. The molecule has 134 valence electrons. The van der Waals surface area contributed by atoms with Crippen molar-refractivity contribution in [3.05, 3.63) is 29.8 Å². The maximum atomic E-state index is 12.5. The normalized spacial score (nSPS) is 15.5. The average Bonchev–Trinajstić information content (AvgIpc) is 3.07. The van der Waals surface area contributed by atoms with Gasteiger partial charge in [-0.25, -0.2) is 0 Å². The van der Waals surface area contributed by atoms with Crippen LogP contribution in [-0.4, -0.2) is 36.3 Å². The van der Waals surface area contributed by atoms with Crippen molar-refractivity contribution in [3.63, 3.8) is 0 Å². The van der Waals surface area contributed by atoms with E-state index in [1.807, 2.05) is 13.8 Å². The Hall–Kier alpha value is -1.59. The highest BCUT2D eigenvalue weighted by molar-refractivity contribution is 5.97. The van der Waals surface area contributed by atoms with E-state index in [4.69, 9.17) is 5.73 Å². The first-order valence-corrected chi connectivity index (χ1v) is 8.47. The highest BCUT2D eigenvalue weighted by Crippen LogP contribution is 2.38. The summed E-state index contributed by atoms with van der Waals surface area (Å²) in [5.41, 5.74) is 6.77. The van der Waals surface area contributed by atoms with Crippen LogP contribution in [0.15, 0.2) is 24.3 Å². The molecule has 3 N–H and O–H groups in total. The van der Waals surface area contributed by atoms with Crippen LogP contribution in [-0.2, 0) is 4.79 Å². The Morgan fingerprint density at radius 3 is 2.12 bits per heavy atom. The first-order chi connectivity index (χ1) is 11.1. The minimum atomic E-state index is -0.421. The van der Waals surface area contributed by atoms with Gasteiger partial charge in [-0.05, 0) is 51.0 Å². The highest BCUT2D eigenvalue weighted by atomic mass is 35.5. The van der Waals surface area contributed by atoms with Crippen molar-refractivity contribution in [2.24, 2.45) is 11.1 Å². The van der Waals surface area contributed by atoms with Gasteiger partial charge in [-0.15, -0.1) is 12.4 Å². The summed E-state index contributed by atoms with van der Waals surface area (Å²) in [6.07, 6.45) is 3.82. The highest BCUT2D eigenvalue weighted by Gasteiger charge is 2.39. The van der Waals surface area contributed by atoms with Gasteiger partial charge in [0.2, 0.25) is 5.91 Å². The molecule has 2 rings (SSSR count). The zero-order valence-electron chi connectivity index (χ0n) is 14.5. The molecule has 1 saturated carbocycles. The molecule has 1 aromatic carbocycles. The molecule has 2 amide bonds. The van der Waals surface area contributed by atoms with Gasteiger partial charge in [0.15, 0.2) is 0 Å². The number of hydrogen-bond acceptors (Lipinski definition) is 3. The lowest BCUT2D eigenvalue weighted by molar-refractivity contribution is -0.124. The third kappa shape index (κ3) is 4.28. The van der Waals surface area contributed by atoms with Gasteiger partial charge in [-0.1, -0.05) is 12.8 Å². The molecule has 1 aliphatic rings. The molecule has 5 nitrogen and oxygen atoms in total. The summed E-state index contributed by atoms with van der Waals surface area (Å²) in [5, 5.41) is 2.96. The summed E-state index contributed by atoms with van der Waals surface area (Å²) < 4.78 is 0. The van der Waals surface area contributed by atoms with Crippen LogP contribution in [0.3, 0.4) is 0 Å². The lowest BCUT2D eigenvalue weighted by Gasteiger charge is -2.25. The molecular weight excluding hydrogens is 326 g/mol. The van der Waals surface area contributed by atoms with Gasteiger partial charge >= 0.3 is 0 Å². The maximum absolute atomic E-state index is 12.5. The molecule has 0 heterocycles. The molecule has 24 heavy (non-hydrogen) atoms. The van der Waals surface area contributed by atoms with Crippen molar-refractivity contribution in [2.45, 2.75) is 39.5 Å². The van der Waals surface area contributed by atoms with Gasteiger partial charge < -0.3 is 16.0 Å². The third-order valence-corrected chi connectivity index (χ3v) is 4.87. The summed E-state index contributed by atoms with van der Waals surface area (Å²) in [7, 11) is 0. The van der Waals surface area contributed by atoms with E-state index in [-0.39, 0.29) is 24.2 Å². The zero-order valence-corrected chi connectivity index (χ0v) is 15.3. The Morgan fingerprint density at radius 1 is 1.12 bits per heavy atom. The molecule has 0 unspecified atom stereocenters. The van der Waals surface area contributed by atoms with E-state index in [2.05, 4.69) is 5.32 Å². The largest absolute Gasteiger partial charge is 0.339 e. The molecule has 1 aromatic rings. The van der Waals surface area contributed by atoms with Crippen molar-refractivity contribution >= 4 is 29.9 Å². The molecule has 0 bridgehead atoms. The second-order valence-electron chi connectivity index (χ2n) is 6.20. The van der Waals surface area contributed by atoms with Crippen LogP contribution in [0.5, 0.6) is 0 Å². The summed E-state index contributed by atoms with van der Waals surface area (Å²) in [5.74, 6) is 0.0161. The summed E-state index contributed by atoms with van der Waals surface area (Å²) >= 11 is 0. The monoisotopic (exact) mass is 353 g/mol. The Bertz CT molecular complexity index is 550. The lowest BCUT2D eigenvalue weighted by Crippen LogP contribution is -2.40. The van der Waals surface area contributed by atoms with E-state index >= 15 is 0 Å². The molecule has 0 atom stereocenters. The molecule has 1 aliphatic carbocycles. The topological polar surface area (TPSA) is 75.4 Å². The Morgan fingerprint density at radius 2 is 1.67 bits per heavy atom. The quantitative estimate of drug-likeness (QED) is 0.825. The number of halogens is 1. The number of hydrogen-bond donors (Lipinski definition) is 2. The minimum absolute atomic E-state index is 0. The van der Waals surface area contributed by atoms with Crippen LogP contribution in [0.25, 0.3) is 0 Å². The molecule has 0 radical (unpaired) electrons. The number of benzene rings is 1. The van der Waals surface area contributed by atoms with Crippen LogP contribution < -0.4 is 11.1 Å². The van der Waals surface area contributed by atoms with E-state index in [1.165, 1.54) is 0 Å². The van der Waals surface area contributed by atoms with Crippen molar-refractivity contribution in [1.82, 2.24) is 4.90 Å². The standard InChI is InChI=1S/C18H27N3O2.ClH/c1-3-21(4-2)16(22)14-7-9-15(10-8-14)20-17(23)18(13-19)11-5-6-12-18;/h7-10H,3-6,11-13,19H2,1-2H3,(H,20,23);1H. The predicted octanol–water partition coefficient (Wildman–Crippen LogP) is 3.05. The van der Waals surface area contributed by atoms with Crippen LogP contribution in [0.2, 0.25) is 0 Å². The van der Waals surface area contributed by atoms with Crippen molar-refractivity contribution < 1.29 is 9.59 Å². The fourth-order valence-corrected chi connectivity index (χ4v) is 3.23. The van der Waals surface area contributed by atoms with Gasteiger partial charge in [0.1, 0.15) is 0 Å². The Kier molecular flexibility index (Phi) is 7.70. The predicted molar refractivity (Wildman–Crippen MR) is 99.5 cm³/mol. The number of rotatable bonds is 6. The molecular formula is C18H28ClN3O2. The van der Waals surface area contributed by atoms with Crippen LogP contribution >= 0.6 is 12.4 Å².